The van der Waals surface area contributed by atoms with E-state index in [4.69, 9.17) is 0 Å². The summed E-state index contributed by atoms with van der Waals surface area (Å²) in [6.45, 7) is 6.77. The first-order valence-corrected chi connectivity index (χ1v) is 14.5. The maximum Gasteiger partial charge on any atom is 0.193 e. The van der Waals surface area contributed by atoms with Crippen LogP contribution in [0.3, 0.4) is 0 Å². The number of ketones is 1. The molecular formula is C38H33NO. The smallest absolute Gasteiger partial charge is 0.193 e. The van der Waals surface area contributed by atoms with Crippen LogP contribution in [0.5, 0.6) is 0 Å². The van der Waals surface area contributed by atoms with Gasteiger partial charge < -0.3 is 4.90 Å². The molecule has 1 heterocycles. The Bertz CT molecular complexity index is 1670. The van der Waals surface area contributed by atoms with E-state index in [2.05, 4.69) is 111 Å². The van der Waals surface area contributed by atoms with Gasteiger partial charge in [-0.15, -0.1) is 0 Å². The number of hydrogen-bond donors (Lipinski definition) is 0. The third-order valence-electron chi connectivity index (χ3n) is 8.97. The van der Waals surface area contributed by atoms with Crippen molar-refractivity contribution < 1.29 is 4.79 Å². The molecule has 0 saturated heterocycles. The Morgan fingerprint density at radius 1 is 0.550 bits per heavy atom. The van der Waals surface area contributed by atoms with Gasteiger partial charge in [-0.25, -0.2) is 0 Å². The Morgan fingerprint density at radius 3 is 1.43 bits per heavy atom. The van der Waals surface area contributed by atoms with Gasteiger partial charge in [-0.05, 0) is 70.3 Å². The van der Waals surface area contributed by atoms with Crippen LogP contribution in [0, 0.1) is 0 Å². The van der Waals surface area contributed by atoms with Gasteiger partial charge in [-0.3, -0.25) is 4.79 Å². The van der Waals surface area contributed by atoms with Crippen molar-refractivity contribution in [2.75, 3.05) is 4.90 Å². The van der Waals surface area contributed by atoms with Crippen molar-refractivity contribution in [3.05, 3.63) is 159 Å². The first-order chi connectivity index (χ1) is 19.6. The van der Waals surface area contributed by atoms with Crippen LogP contribution < -0.4 is 4.90 Å². The van der Waals surface area contributed by atoms with Crippen molar-refractivity contribution in [3.63, 3.8) is 0 Å². The summed E-state index contributed by atoms with van der Waals surface area (Å²) < 4.78 is 0. The van der Waals surface area contributed by atoms with Gasteiger partial charge in [0.15, 0.2) is 5.78 Å². The number of carbonyl (C=O) groups is 1. The Labute approximate surface area is 236 Å². The van der Waals surface area contributed by atoms with Gasteiger partial charge in [0.1, 0.15) is 0 Å². The largest absolute Gasteiger partial charge is 0.309 e. The number of benzene rings is 5. The number of rotatable bonds is 4. The number of aryl methyl sites for hydroxylation is 3. The molecule has 5 aromatic carbocycles. The Hall–Kier alpha value is -4.43. The maximum atomic E-state index is 13.9. The molecule has 2 heteroatoms. The Balaban J connectivity index is 1.65. The second-order valence-corrected chi connectivity index (χ2v) is 10.9. The van der Waals surface area contributed by atoms with Gasteiger partial charge in [0.05, 0.1) is 22.5 Å². The van der Waals surface area contributed by atoms with Gasteiger partial charge in [0.25, 0.3) is 0 Å². The van der Waals surface area contributed by atoms with Crippen molar-refractivity contribution in [2.24, 2.45) is 0 Å². The molecular weight excluding hydrogens is 486 g/mol. The van der Waals surface area contributed by atoms with Crippen LogP contribution in [-0.2, 0) is 24.7 Å². The first kappa shape index (κ1) is 24.6. The van der Waals surface area contributed by atoms with E-state index in [1.807, 2.05) is 24.3 Å². The molecule has 0 fully saturated rings. The van der Waals surface area contributed by atoms with Crippen LogP contribution in [-0.4, -0.2) is 5.78 Å². The average Bonchev–Trinajstić information content (AvgIpc) is 3.02. The van der Waals surface area contributed by atoms with E-state index in [1.165, 1.54) is 44.9 Å². The Morgan fingerprint density at radius 2 is 0.975 bits per heavy atom. The molecule has 2 aliphatic rings. The molecule has 40 heavy (non-hydrogen) atoms. The van der Waals surface area contributed by atoms with Crippen molar-refractivity contribution >= 4 is 22.8 Å². The SMILES string of the molecule is CCc1cc(CC)c(N2c3ccccc3C3(c4ccccc4C(=O)c4ccccc43)c3ccccc32)c(CC)c1. The molecule has 0 radical (unpaired) electrons. The number of hydrogen-bond acceptors (Lipinski definition) is 2. The summed E-state index contributed by atoms with van der Waals surface area (Å²) >= 11 is 0. The van der Waals surface area contributed by atoms with Crippen LogP contribution in [0.2, 0.25) is 0 Å². The number of para-hydroxylation sites is 2. The average molecular weight is 520 g/mol. The van der Waals surface area contributed by atoms with Crippen LogP contribution in [0.15, 0.2) is 109 Å². The van der Waals surface area contributed by atoms with E-state index in [1.54, 1.807) is 0 Å². The number of nitrogens with zero attached hydrogens (tertiary/aromatic N) is 1. The minimum absolute atomic E-state index is 0.103. The van der Waals surface area contributed by atoms with Crippen LogP contribution in [0.25, 0.3) is 0 Å². The predicted molar refractivity (Wildman–Crippen MR) is 165 cm³/mol. The number of fused-ring (bicyclic) bond motifs is 8. The summed E-state index contributed by atoms with van der Waals surface area (Å²) in [7, 11) is 0. The zero-order chi connectivity index (χ0) is 27.4. The van der Waals surface area contributed by atoms with Crippen LogP contribution >= 0.6 is 0 Å². The quantitative estimate of drug-likeness (QED) is 0.231. The van der Waals surface area contributed by atoms with E-state index in [9.17, 15) is 4.79 Å². The molecule has 0 saturated carbocycles. The lowest BCUT2D eigenvalue weighted by atomic mass is 9.57. The summed E-state index contributed by atoms with van der Waals surface area (Å²) in [5.41, 5.74) is 13.3. The molecule has 0 aromatic heterocycles. The van der Waals surface area contributed by atoms with Gasteiger partial charge in [0.2, 0.25) is 0 Å². The zero-order valence-electron chi connectivity index (χ0n) is 23.4. The lowest BCUT2D eigenvalue weighted by Gasteiger charge is -2.49. The maximum absolute atomic E-state index is 13.9. The summed E-state index contributed by atoms with van der Waals surface area (Å²) in [4.78, 5) is 16.4. The fourth-order valence-electron chi connectivity index (χ4n) is 7.24. The molecule has 1 aliphatic heterocycles. The molecule has 1 aliphatic carbocycles. The van der Waals surface area contributed by atoms with Gasteiger partial charge in [-0.2, -0.15) is 0 Å². The van der Waals surface area contributed by atoms with E-state index >= 15 is 0 Å². The molecule has 1 spiro atoms. The highest BCUT2D eigenvalue weighted by molar-refractivity contribution is 6.14. The zero-order valence-corrected chi connectivity index (χ0v) is 23.4. The minimum atomic E-state index is -0.604. The molecule has 0 N–H and O–H groups in total. The van der Waals surface area contributed by atoms with E-state index in [0.29, 0.717) is 0 Å². The molecule has 7 rings (SSSR count). The third kappa shape index (κ3) is 3.20. The predicted octanol–water partition coefficient (Wildman–Crippen LogP) is 9.08. The first-order valence-electron chi connectivity index (χ1n) is 14.5. The second kappa shape index (κ2) is 9.34. The van der Waals surface area contributed by atoms with Crippen LogP contribution in [0.1, 0.15) is 75.6 Å². The number of anilines is 3. The summed E-state index contributed by atoms with van der Waals surface area (Å²) in [5.74, 6) is 0.103. The van der Waals surface area contributed by atoms with Crippen molar-refractivity contribution in [1.82, 2.24) is 0 Å². The molecule has 0 atom stereocenters. The molecule has 5 aromatic rings. The van der Waals surface area contributed by atoms with Crippen molar-refractivity contribution in [3.8, 4) is 0 Å². The lowest BCUT2D eigenvalue weighted by Crippen LogP contribution is -2.42. The topological polar surface area (TPSA) is 20.3 Å². The van der Waals surface area contributed by atoms with Crippen molar-refractivity contribution in [2.45, 2.75) is 45.4 Å². The highest BCUT2D eigenvalue weighted by Crippen LogP contribution is 2.60. The van der Waals surface area contributed by atoms with E-state index in [-0.39, 0.29) is 5.78 Å². The normalized spacial score (nSPS) is 14.4. The summed E-state index contributed by atoms with van der Waals surface area (Å²) in [6, 6.07) is 38.9. The molecule has 0 unspecified atom stereocenters. The molecule has 196 valence electrons. The van der Waals surface area contributed by atoms with Gasteiger partial charge in [0, 0.05) is 11.1 Å². The third-order valence-corrected chi connectivity index (χ3v) is 8.97. The van der Waals surface area contributed by atoms with Gasteiger partial charge in [-0.1, -0.05) is 118 Å². The molecule has 2 nitrogen and oxygen atoms in total. The second-order valence-electron chi connectivity index (χ2n) is 10.9. The monoisotopic (exact) mass is 519 g/mol. The lowest BCUT2D eigenvalue weighted by molar-refractivity contribution is 0.103. The van der Waals surface area contributed by atoms with Crippen LogP contribution in [0.4, 0.5) is 17.1 Å². The highest BCUT2D eigenvalue weighted by atomic mass is 16.1. The fraction of sp³-hybridized carbons (Fsp3) is 0.184. The minimum Gasteiger partial charge on any atom is -0.309 e. The van der Waals surface area contributed by atoms with Gasteiger partial charge >= 0.3 is 0 Å². The van der Waals surface area contributed by atoms with E-state index < -0.39 is 5.41 Å². The standard InChI is InChI=1S/C38H33NO/c1-4-25-23-26(5-2)36(27(6-3)24-25)39-34-21-13-11-19-32(34)38(33-20-12-14-22-35(33)39)30-17-9-7-15-28(30)37(40)29-16-8-10-18-31(29)38/h7-24H,4-6H2,1-3H3. The summed E-state index contributed by atoms with van der Waals surface area (Å²) in [6.07, 6.45) is 2.95. The van der Waals surface area contributed by atoms with Crippen molar-refractivity contribution in [1.29, 1.82) is 0 Å². The molecule has 0 amide bonds. The number of carbonyl (C=O) groups excluding carboxylic acids is 1. The Kier molecular flexibility index (Phi) is 5.75. The molecule has 0 bridgehead atoms. The van der Waals surface area contributed by atoms with E-state index in [0.717, 1.165) is 41.5 Å². The fourth-order valence-corrected chi connectivity index (χ4v) is 7.24. The highest BCUT2D eigenvalue weighted by Gasteiger charge is 2.51. The summed E-state index contributed by atoms with van der Waals surface area (Å²) in [5, 5.41) is 0.